The summed E-state index contributed by atoms with van der Waals surface area (Å²) in [7, 11) is 0. The number of hydrogen-bond acceptors (Lipinski definition) is 3. The van der Waals surface area contributed by atoms with Gasteiger partial charge in [0.2, 0.25) is 0 Å². The van der Waals surface area contributed by atoms with Crippen molar-refractivity contribution in [3.8, 4) is 0 Å². The van der Waals surface area contributed by atoms with Gasteiger partial charge in [-0.25, -0.2) is 0 Å². The van der Waals surface area contributed by atoms with Crippen LogP contribution in [0.5, 0.6) is 0 Å². The topological polar surface area (TPSA) is 43.4 Å². The van der Waals surface area contributed by atoms with Gasteiger partial charge < -0.3 is 4.74 Å². The second kappa shape index (κ2) is 11.8. The van der Waals surface area contributed by atoms with E-state index in [0.29, 0.717) is 36.2 Å². The van der Waals surface area contributed by atoms with Gasteiger partial charge in [0.05, 0.1) is 12.7 Å². The molecule has 0 spiro atoms. The minimum absolute atomic E-state index is 0.290. The number of ether oxygens (including phenoxy) is 1. The summed E-state index contributed by atoms with van der Waals surface area (Å²) in [5.74, 6) is 1.80. The van der Waals surface area contributed by atoms with Crippen LogP contribution in [-0.2, 0) is 14.3 Å². The summed E-state index contributed by atoms with van der Waals surface area (Å²) >= 11 is 0. The molecule has 1 saturated heterocycles. The summed E-state index contributed by atoms with van der Waals surface area (Å²) in [6.07, 6.45) is 10.3. The Hall–Kier alpha value is -0.700. The maximum atomic E-state index is 11.9. The zero-order chi connectivity index (χ0) is 17.1. The fourth-order valence-corrected chi connectivity index (χ4v) is 3.47. The molecule has 3 unspecified atom stereocenters. The van der Waals surface area contributed by atoms with Crippen molar-refractivity contribution in [3.63, 3.8) is 0 Å². The Kier molecular flexibility index (Phi) is 10.4. The lowest BCUT2D eigenvalue weighted by molar-refractivity contribution is -0.121. The molecule has 3 heteroatoms. The molecule has 0 saturated carbocycles. The molecule has 1 fully saturated rings. The molecule has 0 aliphatic carbocycles. The Morgan fingerprint density at radius 1 is 0.870 bits per heavy atom. The van der Waals surface area contributed by atoms with Crippen LogP contribution in [0.3, 0.4) is 0 Å². The van der Waals surface area contributed by atoms with Gasteiger partial charge in [0.1, 0.15) is 11.6 Å². The standard InChI is InChI=1S/C20H36O3/c1-4-6-8-19(21)12-10-17-14-16(3)23-15-18(17)11-13-20(22)9-7-5-2/h16-18H,4-15H2,1-3H3. The van der Waals surface area contributed by atoms with Crippen LogP contribution in [0, 0.1) is 11.8 Å². The van der Waals surface area contributed by atoms with Crippen molar-refractivity contribution >= 4 is 11.6 Å². The van der Waals surface area contributed by atoms with E-state index in [4.69, 9.17) is 4.74 Å². The van der Waals surface area contributed by atoms with E-state index in [9.17, 15) is 9.59 Å². The van der Waals surface area contributed by atoms with Crippen LogP contribution in [0.25, 0.3) is 0 Å². The molecule has 0 aromatic rings. The van der Waals surface area contributed by atoms with Crippen LogP contribution in [0.1, 0.15) is 91.4 Å². The van der Waals surface area contributed by atoms with E-state index in [1.165, 1.54) is 0 Å². The highest BCUT2D eigenvalue weighted by Crippen LogP contribution is 2.33. The first kappa shape index (κ1) is 20.3. The number of Topliss-reactive ketones (excluding diaryl/α,β-unsaturated/α-hetero) is 2. The molecule has 23 heavy (non-hydrogen) atoms. The van der Waals surface area contributed by atoms with Gasteiger partial charge in [-0.05, 0) is 50.9 Å². The number of carbonyl (C=O) groups excluding carboxylic acids is 2. The second-order valence-electron chi connectivity index (χ2n) is 7.26. The van der Waals surface area contributed by atoms with Crippen LogP contribution in [0.4, 0.5) is 0 Å². The van der Waals surface area contributed by atoms with Gasteiger partial charge in [-0.3, -0.25) is 9.59 Å². The first-order valence-corrected chi connectivity index (χ1v) is 9.71. The molecule has 3 atom stereocenters. The van der Waals surface area contributed by atoms with Crippen molar-refractivity contribution in [2.24, 2.45) is 11.8 Å². The number of rotatable bonds is 12. The predicted octanol–water partition coefficient (Wildman–Crippen LogP) is 5.11. The monoisotopic (exact) mass is 324 g/mol. The molecule has 0 N–H and O–H groups in total. The summed E-state index contributed by atoms with van der Waals surface area (Å²) in [5, 5.41) is 0. The maximum Gasteiger partial charge on any atom is 0.132 e. The van der Waals surface area contributed by atoms with Crippen LogP contribution in [0.15, 0.2) is 0 Å². The SMILES string of the molecule is CCCCC(=O)CCC1COC(C)CC1CCC(=O)CCCC. The van der Waals surface area contributed by atoms with Crippen LogP contribution < -0.4 is 0 Å². The molecular formula is C20H36O3. The third kappa shape index (κ3) is 8.64. The first-order chi connectivity index (χ1) is 11.1. The minimum atomic E-state index is 0.290. The number of carbonyl (C=O) groups is 2. The van der Waals surface area contributed by atoms with Crippen molar-refractivity contribution in [1.82, 2.24) is 0 Å². The van der Waals surface area contributed by atoms with Crippen LogP contribution in [0.2, 0.25) is 0 Å². The van der Waals surface area contributed by atoms with Gasteiger partial charge in [-0.1, -0.05) is 26.7 Å². The summed E-state index contributed by atoms with van der Waals surface area (Å²) in [4.78, 5) is 23.8. The molecule has 0 bridgehead atoms. The normalized spacial score (nSPS) is 24.6. The number of hydrogen-bond donors (Lipinski definition) is 0. The molecule has 1 aliphatic rings. The molecule has 1 rings (SSSR count). The van der Waals surface area contributed by atoms with E-state index in [1.54, 1.807) is 0 Å². The van der Waals surface area contributed by atoms with Crippen molar-refractivity contribution in [2.45, 2.75) is 97.5 Å². The Labute approximate surface area is 142 Å². The predicted molar refractivity (Wildman–Crippen MR) is 94.5 cm³/mol. The average molecular weight is 325 g/mol. The van der Waals surface area contributed by atoms with E-state index in [1.807, 2.05) is 0 Å². The van der Waals surface area contributed by atoms with Crippen LogP contribution >= 0.6 is 0 Å². The maximum absolute atomic E-state index is 11.9. The molecule has 0 radical (unpaired) electrons. The molecule has 0 aromatic carbocycles. The zero-order valence-electron chi connectivity index (χ0n) is 15.4. The smallest absolute Gasteiger partial charge is 0.132 e. The first-order valence-electron chi connectivity index (χ1n) is 9.71. The van der Waals surface area contributed by atoms with E-state index in [2.05, 4.69) is 20.8 Å². The van der Waals surface area contributed by atoms with E-state index < -0.39 is 0 Å². The van der Waals surface area contributed by atoms with Crippen molar-refractivity contribution < 1.29 is 14.3 Å². The summed E-state index contributed by atoms with van der Waals surface area (Å²) in [5.41, 5.74) is 0. The van der Waals surface area contributed by atoms with E-state index in [-0.39, 0.29) is 6.10 Å². The number of ketones is 2. The summed E-state index contributed by atoms with van der Waals surface area (Å²) in [6, 6.07) is 0. The highest BCUT2D eigenvalue weighted by molar-refractivity contribution is 5.78. The van der Waals surface area contributed by atoms with Gasteiger partial charge in [-0.15, -0.1) is 0 Å². The molecule has 3 nitrogen and oxygen atoms in total. The van der Waals surface area contributed by atoms with Crippen molar-refractivity contribution in [3.05, 3.63) is 0 Å². The third-order valence-corrected chi connectivity index (χ3v) is 5.10. The lowest BCUT2D eigenvalue weighted by atomic mass is 9.79. The largest absolute Gasteiger partial charge is 0.378 e. The second-order valence-corrected chi connectivity index (χ2v) is 7.26. The van der Waals surface area contributed by atoms with Crippen molar-refractivity contribution in [2.75, 3.05) is 6.61 Å². The van der Waals surface area contributed by atoms with Gasteiger partial charge in [0.15, 0.2) is 0 Å². The van der Waals surface area contributed by atoms with Gasteiger partial charge >= 0.3 is 0 Å². The van der Waals surface area contributed by atoms with E-state index >= 15 is 0 Å². The lowest BCUT2D eigenvalue weighted by Crippen LogP contribution is -2.33. The van der Waals surface area contributed by atoms with Gasteiger partial charge in [0, 0.05) is 25.7 Å². The van der Waals surface area contributed by atoms with E-state index in [0.717, 1.165) is 64.4 Å². The molecule has 0 aromatic heterocycles. The zero-order valence-corrected chi connectivity index (χ0v) is 15.4. The van der Waals surface area contributed by atoms with Gasteiger partial charge in [-0.2, -0.15) is 0 Å². The summed E-state index contributed by atoms with van der Waals surface area (Å²) < 4.78 is 5.81. The Bertz CT molecular complexity index is 351. The highest BCUT2D eigenvalue weighted by atomic mass is 16.5. The molecule has 1 aliphatic heterocycles. The molecule has 0 amide bonds. The Morgan fingerprint density at radius 3 is 1.91 bits per heavy atom. The fraction of sp³-hybridized carbons (Fsp3) is 0.900. The quantitative estimate of drug-likeness (QED) is 0.501. The van der Waals surface area contributed by atoms with Crippen molar-refractivity contribution in [1.29, 1.82) is 0 Å². The lowest BCUT2D eigenvalue weighted by Gasteiger charge is -2.35. The molecular weight excluding hydrogens is 288 g/mol. The molecule has 134 valence electrons. The highest BCUT2D eigenvalue weighted by Gasteiger charge is 2.29. The summed E-state index contributed by atoms with van der Waals surface area (Å²) in [6.45, 7) is 7.12. The van der Waals surface area contributed by atoms with Crippen LogP contribution in [-0.4, -0.2) is 24.3 Å². The third-order valence-electron chi connectivity index (χ3n) is 5.10. The number of unbranched alkanes of at least 4 members (excludes halogenated alkanes) is 2. The average Bonchev–Trinajstić information content (AvgIpc) is 2.55. The fourth-order valence-electron chi connectivity index (χ4n) is 3.47. The Morgan fingerprint density at radius 2 is 1.39 bits per heavy atom. The Balaban J connectivity index is 2.38. The molecule has 1 heterocycles. The van der Waals surface area contributed by atoms with Gasteiger partial charge in [0.25, 0.3) is 0 Å². The minimum Gasteiger partial charge on any atom is -0.378 e.